The highest BCUT2D eigenvalue weighted by Gasteiger charge is 2.09. The molecule has 1 amide bonds. The van der Waals surface area contributed by atoms with Crippen LogP contribution in [0.15, 0.2) is 58.6 Å². The molecule has 0 aliphatic carbocycles. The molecule has 2 heterocycles. The fourth-order valence-corrected chi connectivity index (χ4v) is 2.22. The normalized spacial score (nSPS) is 11.1. The fraction of sp³-hybridized carbons (Fsp3) is 0. The zero-order valence-corrected chi connectivity index (χ0v) is 12.9. The van der Waals surface area contributed by atoms with E-state index in [-0.39, 0.29) is 16.3 Å². The number of fused-ring (bicyclic) bond motifs is 1. The molecule has 8 heteroatoms. The number of carbonyl (C=O) groups excluding carboxylic acids is 1. The maximum atomic E-state index is 12.8. The predicted octanol–water partition coefficient (Wildman–Crippen LogP) is 2.25. The van der Waals surface area contributed by atoms with E-state index < -0.39 is 17.3 Å². The molecule has 0 fully saturated rings. The van der Waals surface area contributed by atoms with Crippen molar-refractivity contribution in [2.75, 3.05) is 0 Å². The van der Waals surface area contributed by atoms with Gasteiger partial charge in [-0.1, -0.05) is 17.7 Å². The molecule has 0 unspecified atom stereocenters. The lowest BCUT2D eigenvalue weighted by molar-refractivity contribution is 0.0955. The van der Waals surface area contributed by atoms with Crippen LogP contribution in [0.1, 0.15) is 15.9 Å². The van der Waals surface area contributed by atoms with Crippen LogP contribution in [0.2, 0.25) is 5.15 Å². The molecule has 3 rings (SSSR count). The summed E-state index contributed by atoms with van der Waals surface area (Å²) in [7, 11) is 0. The first-order valence-corrected chi connectivity index (χ1v) is 7.20. The molecule has 0 aliphatic heterocycles. The second-order valence-corrected chi connectivity index (χ2v) is 5.11. The van der Waals surface area contributed by atoms with Gasteiger partial charge in [0, 0.05) is 11.8 Å². The molecule has 2 aromatic heterocycles. The number of hydrogen-bond donors (Lipinski definition) is 1. The summed E-state index contributed by atoms with van der Waals surface area (Å²) in [5.74, 6) is -0.992. The topological polar surface area (TPSA) is 75.8 Å². The number of rotatable bonds is 3. The Bertz CT molecular complexity index is 999. The van der Waals surface area contributed by atoms with E-state index in [1.807, 2.05) is 0 Å². The third kappa shape index (κ3) is 3.16. The van der Waals surface area contributed by atoms with Gasteiger partial charge in [-0.15, -0.1) is 0 Å². The Morgan fingerprint density at radius 2 is 2.00 bits per heavy atom. The smallest absolute Gasteiger partial charge is 0.268 e. The Hall–Kier alpha value is -3.06. The van der Waals surface area contributed by atoms with Crippen molar-refractivity contribution in [3.63, 3.8) is 0 Å². The number of pyridine rings is 1. The molecule has 3 aromatic rings. The Balaban J connectivity index is 1.84. The SMILES string of the molecule is O=C(N/N=C\c1c(Cl)nc2ccccn2c1=O)c1ccc(F)cc1. The van der Waals surface area contributed by atoms with Crippen molar-refractivity contribution in [2.45, 2.75) is 0 Å². The summed E-state index contributed by atoms with van der Waals surface area (Å²) in [4.78, 5) is 28.3. The summed E-state index contributed by atoms with van der Waals surface area (Å²) in [6, 6.07) is 10.0. The number of amides is 1. The van der Waals surface area contributed by atoms with Crippen molar-refractivity contribution in [1.82, 2.24) is 14.8 Å². The van der Waals surface area contributed by atoms with Crippen LogP contribution < -0.4 is 11.0 Å². The van der Waals surface area contributed by atoms with Crippen LogP contribution in [0, 0.1) is 5.82 Å². The maximum absolute atomic E-state index is 12.8. The molecule has 0 aliphatic rings. The number of nitrogens with zero attached hydrogens (tertiary/aromatic N) is 3. The number of benzene rings is 1. The van der Waals surface area contributed by atoms with Gasteiger partial charge >= 0.3 is 0 Å². The van der Waals surface area contributed by atoms with E-state index in [9.17, 15) is 14.0 Å². The number of halogens is 2. The van der Waals surface area contributed by atoms with E-state index >= 15 is 0 Å². The maximum Gasteiger partial charge on any atom is 0.271 e. The lowest BCUT2D eigenvalue weighted by Gasteiger charge is -2.03. The van der Waals surface area contributed by atoms with Gasteiger partial charge < -0.3 is 0 Å². The third-order valence-corrected chi connectivity index (χ3v) is 3.48. The molecule has 0 spiro atoms. The zero-order chi connectivity index (χ0) is 17.1. The molecule has 0 radical (unpaired) electrons. The molecule has 120 valence electrons. The van der Waals surface area contributed by atoms with Crippen LogP contribution in [-0.2, 0) is 0 Å². The van der Waals surface area contributed by atoms with Gasteiger partial charge in [0.05, 0.1) is 11.8 Å². The predicted molar refractivity (Wildman–Crippen MR) is 87.9 cm³/mol. The quantitative estimate of drug-likeness (QED) is 0.450. The first-order valence-electron chi connectivity index (χ1n) is 6.82. The van der Waals surface area contributed by atoms with E-state index in [1.165, 1.54) is 16.5 Å². The van der Waals surface area contributed by atoms with Gasteiger partial charge in [-0.25, -0.2) is 14.8 Å². The molecule has 1 N–H and O–H groups in total. The molecule has 0 saturated carbocycles. The number of carbonyl (C=O) groups is 1. The second kappa shape index (κ2) is 6.59. The van der Waals surface area contributed by atoms with Crippen molar-refractivity contribution in [3.8, 4) is 0 Å². The minimum Gasteiger partial charge on any atom is -0.268 e. The molecule has 0 bridgehead atoms. The van der Waals surface area contributed by atoms with Crippen LogP contribution in [0.4, 0.5) is 4.39 Å². The average molecular weight is 345 g/mol. The molecule has 0 atom stereocenters. The van der Waals surface area contributed by atoms with E-state index in [0.717, 1.165) is 18.3 Å². The largest absolute Gasteiger partial charge is 0.271 e. The monoisotopic (exact) mass is 344 g/mol. The summed E-state index contributed by atoms with van der Waals surface area (Å²) < 4.78 is 14.1. The second-order valence-electron chi connectivity index (χ2n) is 4.76. The van der Waals surface area contributed by atoms with Crippen molar-refractivity contribution in [3.05, 3.63) is 81.1 Å². The lowest BCUT2D eigenvalue weighted by atomic mass is 10.2. The summed E-state index contributed by atoms with van der Waals surface area (Å²) in [6.45, 7) is 0. The summed E-state index contributed by atoms with van der Waals surface area (Å²) in [5, 5.41) is 3.69. The lowest BCUT2D eigenvalue weighted by Crippen LogP contribution is -2.22. The molecule has 6 nitrogen and oxygen atoms in total. The summed E-state index contributed by atoms with van der Waals surface area (Å²) in [6.07, 6.45) is 2.67. The highest BCUT2D eigenvalue weighted by Crippen LogP contribution is 2.08. The van der Waals surface area contributed by atoms with Crippen LogP contribution in [0.3, 0.4) is 0 Å². The van der Waals surface area contributed by atoms with E-state index in [2.05, 4.69) is 15.5 Å². The summed E-state index contributed by atoms with van der Waals surface area (Å²) in [5.41, 5.74) is 2.51. The number of nitrogens with one attached hydrogen (secondary N) is 1. The Labute approximate surface area is 140 Å². The Morgan fingerprint density at radius 3 is 2.75 bits per heavy atom. The fourth-order valence-electron chi connectivity index (χ4n) is 2.01. The van der Waals surface area contributed by atoms with Crippen LogP contribution in [0.25, 0.3) is 5.65 Å². The standard InChI is InChI=1S/C16H10ClFN4O2/c17-14-12(16(24)22-8-2-1-3-13(22)20-14)9-19-21-15(23)10-4-6-11(18)7-5-10/h1-9H,(H,21,23)/b19-9-. The van der Waals surface area contributed by atoms with E-state index in [1.54, 1.807) is 24.4 Å². The molecule has 24 heavy (non-hydrogen) atoms. The minimum atomic E-state index is -0.545. The number of hydrazone groups is 1. The van der Waals surface area contributed by atoms with E-state index in [4.69, 9.17) is 11.6 Å². The average Bonchev–Trinajstić information content (AvgIpc) is 2.58. The zero-order valence-electron chi connectivity index (χ0n) is 12.1. The number of aromatic nitrogens is 2. The molecular formula is C16H10ClFN4O2. The molecule has 1 aromatic carbocycles. The third-order valence-electron chi connectivity index (χ3n) is 3.19. The summed E-state index contributed by atoms with van der Waals surface area (Å²) >= 11 is 5.99. The van der Waals surface area contributed by atoms with Crippen molar-refractivity contribution in [2.24, 2.45) is 5.10 Å². The minimum absolute atomic E-state index is 0.0222. The van der Waals surface area contributed by atoms with Gasteiger partial charge in [0.1, 0.15) is 16.6 Å². The number of hydrogen-bond acceptors (Lipinski definition) is 4. The molecule has 0 saturated heterocycles. The van der Waals surface area contributed by atoms with Gasteiger partial charge in [0.2, 0.25) is 0 Å². The van der Waals surface area contributed by atoms with Crippen molar-refractivity contribution < 1.29 is 9.18 Å². The van der Waals surface area contributed by atoms with Gasteiger partial charge in [-0.05, 0) is 36.4 Å². The van der Waals surface area contributed by atoms with Crippen LogP contribution >= 0.6 is 11.6 Å². The molecular weight excluding hydrogens is 335 g/mol. The van der Waals surface area contributed by atoms with E-state index in [0.29, 0.717) is 5.65 Å². The highest BCUT2D eigenvalue weighted by atomic mass is 35.5. The van der Waals surface area contributed by atoms with Crippen molar-refractivity contribution in [1.29, 1.82) is 0 Å². The highest BCUT2D eigenvalue weighted by molar-refractivity contribution is 6.32. The van der Waals surface area contributed by atoms with Crippen molar-refractivity contribution >= 4 is 29.4 Å². The first kappa shape index (κ1) is 15.8. The van der Waals surface area contributed by atoms with Gasteiger partial charge in [0.15, 0.2) is 0 Å². The van der Waals surface area contributed by atoms with Gasteiger partial charge in [0.25, 0.3) is 11.5 Å². The Morgan fingerprint density at radius 1 is 1.25 bits per heavy atom. The van der Waals surface area contributed by atoms with Crippen LogP contribution in [0.5, 0.6) is 0 Å². The Kier molecular flexibility index (Phi) is 4.35. The van der Waals surface area contributed by atoms with Gasteiger partial charge in [-0.2, -0.15) is 5.10 Å². The van der Waals surface area contributed by atoms with Gasteiger partial charge in [-0.3, -0.25) is 14.0 Å². The van der Waals surface area contributed by atoms with Crippen LogP contribution in [-0.4, -0.2) is 21.5 Å². The first-order chi connectivity index (χ1) is 11.6.